The number of sulfonamides is 1. The third kappa shape index (κ3) is 4.26. The summed E-state index contributed by atoms with van der Waals surface area (Å²) >= 11 is 0. The predicted octanol–water partition coefficient (Wildman–Crippen LogP) is 1.66. The Labute approximate surface area is 121 Å². The third-order valence-electron chi connectivity index (χ3n) is 3.46. The lowest BCUT2D eigenvalue weighted by Crippen LogP contribution is -2.34. The molecule has 2 N–H and O–H groups in total. The summed E-state index contributed by atoms with van der Waals surface area (Å²) in [6, 6.07) is 3.75. The summed E-state index contributed by atoms with van der Waals surface area (Å²) < 4.78 is 27.0. The van der Waals surface area contributed by atoms with Gasteiger partial charge in [0.05, 0.1) is 0 Å². The molecule has 0 aliphatic heterocycles. The van der Waals surface area contributed by atoms with Crippen molar-refractivity contribution in [3.8, 4) is 0 Å². The Bertz CT molecular complexity index is 536. The van der Waals surface area contributed by atoms with E-state index in [1.165, 1.54) is 0 Å². The fraction of sp³-hybridized carbons (Fsp3) is 0.643. The molecule has 1 fully saturated rings. The van der Waals surface area contributed by atoms with Crippen LogP contribution in [-0.4, -0.2) is 25.5 Å². The van der Waals surface area contributed by atoms with Crippen molar-refractivity contribution in [1.82, 2.24) is 15.0 Å². The molecule has 1 unspecified atom stereocenters. The Morgan fingerprint density at radius 3 is 2.50 bits per heavy atom. The van der Waals surface area contributed by atoms with Gasteiger partial charge in [-0.05, 0) is 37.3 Å². The summed E-state index contributed by atoms with van der Waals surface area (Å²) in [6.07, 6.45) is 3.83. The number of rotatable bonds is 7. The van der Waals surface area contributed by atoms with Crippen LogP contribution in [0.1, 0.15) is 39.2 Å². The van der Waals surface area contributed by atoms with E-state index in [0.29, 0.717) is 18.5 Å². The smallest absolute Gasteiger partial charge is 0.258 e. The largest absolute Gasteiger partial charge is 0.310 e. The summed E-state index contributed by atoms with van der Waals surface area (Å²) in [5.74, 6) is 0.485. The second-order valence-electron chi connectivity index (χ2n) is 5.79. The van der Waals surface area contributed by atoms with Gasteiger partial charge in [0.25, 0.3) is 10.0 Å². The highest BCUT2D eigenvalue weighted by Crippen LogP contribution is 2.32. The average Bonchev–Trinajstić information content (AvgIpc) is 3.20. The molecule has 0 radical (unpaired) electrons. The van der Waals surface area contributed by atoms with Crippen molar-refractivity contribution in [2.24, 2.45) is 5.92 Å². The molecule has 5 nitrogen and oxygen atoms in total. The maximum absolute atomic E-state index is 12.2. The minimum atomic E-state index is -3.49. The molecular weight excluding hydrogens is 274 g/mol. The quantitative estimate of drug-likeness (QED) is 0.803. The molecule has 1 atom stereocenters. The SMILES string of the molecule is CC(C)NCc1ccc(S(=O)(=O)NC(C)C2CC2)nc1. The van der Waals surface area contributed by atoms with E-state index in [9.17, 15) is 8.42 Å². The fourth-order valence-corrected chi connectivity index (χ4v) is 3.24. The van der Waals surface area contributed by atoms with Crippen LogP contribution in [0.15, 0.2) is 23.4 Å². The molecule has 0 aromatic carbocycles. The van der Waals surface area contributed by atoms with Crippen LogP contribution in [0.3, 0.4) is 0 Å². The molecule has 20 heavy (non-hydrogen) atoms. The second kappa shape index (κ2) is 6.20. The summed E-state index contributed by atoms with van der Waals surface area (Å²) in [7, 11) is -3.49. The van der Waals surface area contributed by atoms with Gasteiger partial charge in [-0.2, -0.15) is 0 Å². The van der Waals surface area contributed by atoms with E-state index in [2.05, 4.69) is 28.9 Å². The first-order valence-electron chi connectivity index (χ1n) is 7.09. The lowest BCUT2D eigenvalue weighted by atomic mass is 10.2. The van der Waals surface area contributed by atoms with Gasteiger partial charge in [-0.3, -0.25) is 0 Å². The zero-order valence-electron chi connectivity index (χ0n) is 12.3. The maximum atomic E-state index is 12.2. The topological polar surface area (TPSA) is 71.1 Å². The molecule has 1 aromatic rings. The molecule has 0 amide bonds. The van der Waals surface area contributed by atoms with Crippen molar-refractivity contribution < 1.29 is 8.42 Å². The zero-order valence-corrected chi connectivity index (χ0v) is 13.1. The van der Waals surface area contributed by atoms with Crippen LogP contribution in [0.2, 0.25) is 0 Å². The van der Waals surface area contributed by atoms with Gasteiger partial charge < -0.3 is 5.32 Å². The summed E-state index contributed by atoms with van der Waals surface area (Å²) in [5.41, 5.74) is 0.980. The van der Waals surface area contributed by atoms with Gasteiger partial charge in [0.15, 0.2) is 5.03 Å². The molecule has 1 heterocycles. The second-order valence-corrected chi connectivity index (χ2v) is 7.45. The van der Waals surface area contributed by atoms with Gasteiger partial charge in [-0.1, -0.05) is 19.9 Å². The first-order valence-corrected chi connectivity index (χ1v) is 8.57. The monoisotopic (exact) mass is 297 g/mol. The summed E-state index contributed by atoms with van der Waals surface area (Å²) in [4.78, 5) is 4.07. The van der Waals surface area contributed by atoms with Gasteiger partial charge in [0.2, 0.25) is 0 Å². The van der Waals surface area contributed by atoms with Gasteiger partial charge in [0, 0.05) is 24.8 Å². The normalized spacial score (nSPS) is 17.4. The Morgan fingerprint density at radius 1 is 1.30 bits per heavy atom. The van der Waals surface area contributed by atoms with Crippen LogP contribution in [-0.2, 0) is 16.6 Å². The van der Waals surface area contributed by atoms with E-state index >= 15 is 0 Å². The standard InChI is InChI=1S/C14H23N3O2S/c1-10(2)15-8-12-4-7-14(16-9-12)20(18,19)17-11(3)13-5-6-13/h4,7,9-11,13,15,17H,5-6,8H2,1-3H3. The van der Waals surface area contributed by atoms with Crippen molar-refractivity contribution in [2.75, 3.05) is 0 Å². The zero-order chi connectivity index (χ0) is 14.8. The number of nitrogens with one attached hydrogen (secondary N) is 2. The number of aromatic nitrogens is 1. The molecule has 0 bridgehead atoms. The number of pyridine rings is 1. The third-order valence-corrected chi connectivity index (χ3v) is 4.93. The first kappa shape index (κ1) is 15.4. The highest BCUT2D eigenvalue weighted by Gasteiger charge is 2.31. The highest BCUT2D eigenvalue weighted by atomic mass is 32.2. The fourth-order valence-electron chi connectivity index (χ4n) is 1.99. The van der Waals surface area contributed by atoms with E-state index in [1.807, 2.05) is 6.92 Å². The Kier molecular flexibility index (Phi) is 4.78. The van der Waals surface area contributed by atoms with E-state index in [1.54, 1.807) is 18.3 Å². The van der Waals surface area contributed by atoms with Gasteiger partial charge in [-0.25, -0.2) is 18.1 Å². The average molecular weight is 297 g/mol. The van der Waals surface area contributed by atoms with Crippen LogP contribution in [0.25, 0.3) is 0 Å². The van der Waals surface area contributed by atoms with Crippen LogP contribution in [0, 0.1) is 5.92 Å². The lowest BCUT2D eigenvalue weighted by Gasteiger charge is -2.13. The Hall–Kier alpha value is -0.980. The molecule has 1 aliphatic rings. The molecule has 0 saturated heterocycles. The van der Waals surface area contributed by atoms with Crippen LogP contribution in [0.4, 0.5) is 0 Å². The number of hydrogen-bond donors (Lipinski definition) is 2. The van der Waals surface area contributed by atoms with Crippen LogP contribution in [0.5, 0.6) is 0 Å². The van der Waals surface area contributed by atoms with E-state index < -0.39 is 10.0 Å². The van der Waals surface area contributed by atoms with Gasteiger partial charge in [0.1, 0.15) is 0 Å². The number of nitrogens with zero attached hydrogens (tertiary/aromatic N) is 1. The molecule has 2 rings (SSSR count). The van der Waals surface area contributed by atoms with E-state index in [4.69, 9.17) is 0 Å². The maximum Gasteiger partial charge on any atom is 0.258 e. The Morgan fingerprint density at radius 2 is 2.00 bits per heavy atom. The first-order chi connectivity index (χ1) is 9.38. The van der Waals surface area contributed by atoms with Crippen molar-refractivity contribution in [3.05, 3.63) is 23.9 Å². The molecule has 112 valence electrons. The molecular formula is C14H23N3O2S. The van der Waals surface area contributed by atoms with Crippen molar-refractivity contribution in [2.45, 2.75) is 57.3 Å². The van der Waals surface area contributed by atoms with Crippen LogP contribution < -0.4 is 10.0 Å². The molecule has 1 aromatic heterocycles. The van der Waals surface area contributed by atoms with Gasteiger partial charge >= 0.3 is 0 Å². The lowest BCUT2D eigenvalue weighted by molar-refractivity contribution is 0.535. The van der Waals surface area contributed by atoms with E-state index in [0.717, 1.165) is 18.4 Å². The minimum absolute atomic E-state index is 0.0101. The van der Waals surface area contributed by atoms with Crippen molar-refractivity contribution >= 4 is 10.0 Å². The Balaban J connectivity index is 2.00. The molecule has 1 aliphatic carbocycles. The van der Waals surface area contributed by atoms with E-state index in [-0.39, 0.29) is 11.1 Å². The molecule has 6 heteroatoms. The molecule has 0 spiro atoms. The summed E-state index contributed by atoms with van der Waals surface area (Å²) in [6.45, 7) is 6.73. The highest BCUT2D eigenvalue weighted by molar-refractivity contribution is 7.89. The van der Waals surface area contributed by atoms with Crippen molar-refractivity contribution in [1.29, 1.82) is 0 Å². The van der Waals surface area contributed by atoms with Gasteiger partial charge in [-0.15, -0.1) is 0 Å². The summed E-state index contributed by atoms with van der Waals surface area (Å²) in [5, 5.41) is 3.37. The predicted molar refractivity (Wildman–Crippen MR) is 78.7 cm³/mol. The van der Waals surface area contributed by atoms with Crippen LogP contribution >= 0.6 is 0 Å². The number of hydrogen-bond acceptors (Lipinski definition) is 4. The minimum Gasteiger partial charge on any atom is -0.310 e. The molecule has 1 saturated carbocycles. The van der Waals surface area contributed by atoms with Crippen molar-refractivity contribution in [3.63, 3.8) is 0 Å².